The van der Waals surface area contributed by atoms with Gasteiger partial charge in [0.05, 0.1) is 5.39 Å². The Hall–Kier alpha value is -4.60. The van der Waals surface area contributed by atoms with Gasteiger partial charge in [-0.15, -0.1) is 4.73 Å². The van der Waals surface area contributed by atoms with Gasteiger partial charge in [-0.05, 0) is 50.1 Å². The van der Waals surface area contributed by atoms with Crippen molar-refractivity contribution in [3.05, 3.63) is 82.9 Å². The normalized spacial score (nSPS) is 13.9. The summed E-state index contributed by atoms with van der Waals surface area (Å²) in [6.07, 6.45) is 1.28. The minimum Gasteiger partial charge on any atom is -0.508 e. The van der Waals surface area contributed by atoms with E-state index >= 15 is 0 Å². The van der Waals surface area contributed by atoms with Crippen LogP contribution in [-0.2, 0) is 11.3 Å². The Kier molecular flexibility index (Phi) is 7.10. The summed E-state index contributed by atoms with van der Waals surface area (Å²) < 4.78 is 6.63. The lowest BCUT2D eigenvalue weighted by Gasteiger charge is -2.36. The van der Waals surface area contributed by atoms with E-state index in [-0.39, 0.29) is 18.4 Å². The first-order chi connectivity index (χ1) is 18.7. The van der Waals surface area contributed by atoms with Gasteiger partial charge in [0.15, 0.2) is 5.65 Å². The second-order valence-electron chi connectivity index (χ2n) is 10.4. The van der Waals surface area contributed by atoms with Crippen molar-refractivity contribution >= 4 is 22.9 Å². The third kappa shape index (κ3) is 5.95. The summed E-state index contributed by atoms with van der Waals surface area (Å²) in [6, 6.07) is 18.3. The van der Waals surface area contributed by atoms with E-state index in [1.807, 2.05) is 68.1 Å². The maximum Gasteiger partial charge on any atom is 0.410 e. The van der Waals surface area contributed by atoms with Crippen molar-refractivity contribution in [2.75, 3.05) is 31.1 Å². The molecule has 1 N–H and O–H groups in total. The first kappa shape index (κ1) is 26.0. The summed E-state index contributed by atoms with van der Waals surface area (Å²) in [5, 5.41) is 10.6. The summed E-state index contributed by atoms with van der Waals surface area (Å²) in [5.41, 5.74) is 1.59. The SMILES string of the molecule is CC(C)(C)OC(=O)N1CCN(c2nc(=O)n(OCc3ccccc3)c3ncc(-c4cccc(O)c4)cc23)CC1. The molecule has 0 radical (unpaired) electrons. The van der Waals surface area contributed by atoms with Crippen molar-refractivity contribution in [3.8, 4) is 16.9 Å². The fourth-order valence-corrected chi connectivity index (χ4v) is 4.41. The number of phenolic OH excluding ortho intramolecular Hbond substituents is 1. The van der Waals surface area contributed by atoms with Crippen LogP contribution < -0.4 is 15.4 Å². The van der Waals surface area contributed by atoms with Crippen LogP contribution in [0, 0.1) is 0 Å². The van der Waals surface area contributed by atoms with E-state index in [1.54, 1.807) is 29.3 Å². The number of phenols is 1. The molecular formula is C29H31N5O5. The zero-order valence-corrected chi connectivity index (χ0v) is 22.2. The number of rotatable bonds is 5. The van der Waals surface area contributed by atoms with Gasteiger partial charge < -0.3 is 24.5 Å². The summed E-state index contributed by atoms with van der Waals surface area (Å²) >= 11 is 0. The van der Waals surface area contributed by atoms with Crippen LogP contribution in [0.25, 0.3) is 22.2 Å². The predicted octanol–water partition coefficient (Wildman–Crippen LogP) is 3.85. The average molecular weight is 530 g/mol. The lowest BCUT2D eigenvalue weighted by atomic mass is 10.1. The molecule has 1 saturated heterocycles. The number of anilines is 1. The molecule has 2 aromatic carbocycles. The molecule has 4 aromatic rings. The van der Waals surface area contributed by atoms with Crippen LogP contribution in [0.5, 0.6) is 5.75 Å². The largest absolute Gasteiger partial charge is 0.508 e. The Labute approximate surface area is 226 Å². The number of aromatic hydroxyl groups is 1. The molecule has 10 nitrogen and oxygen atoms in total. The van der Waals surface area contributed by atoms with Gasteiger partial charge in [0.1, 0.15) is 23.8 Å². The zero-order valence-electron chi connectivity index (χ0n) is 22.2. The van der Waals surface area contributed by atoms with E-state index < -0.39 is 11.3 Å². The van der Waals surface area contributed by atoms with Gasteiger partial charge in [-0.1, -0.05) is 42.5 Å². The number of hydrogen-bond donors (Lipinski definition) is 1. The van der Waals surface area contributed by atoms with E-state index in [2.05, 4.69) is 9.97 Å². The molecule has 1 amide bonds. The summed E-state index contributed by atoms with van der Waals surface area (Å²) in [6.45, 7) is 7.45. The lowest BCUT2D eigenvalue weighted by molar-refractivity contribution is 0.0240. The minimum absolute atomic E-state index is 0.139. The van der Waals surface area contributed by atoms with Crippen LogP contribution in [-0.4, -0.2) is 62.6 Å². The molecule has 0 spiro atoms. The second kappa shape index (κ2) is 10.6. The minimum atomic E-state index is -0.583. The van der Waals surface area contributed by atoms with Gasteiger partial charge in [0, 0.05) is 37.9 Å². The van der Waals surface area contributed by atoms with E-state index in [4.69, 9.17) is 9.57 Å². The van der Waals surface area contributed by atoms with Crippen LogP contribution in [0.15, 0.2) is 71.7 Å². The first-order valence-corrected chi connectivity index (χ1v) is 12.8. The number of carbonyl (C=O) groups is 1. The van der Waals surface area contributed by atoms with Gasteiger partial charge >= 0.3 is 11.8 Å². The molecule has 1 fully saturated rings. The Morgan fingerprint density at radius 3 is 2.41 bits per heavy atom. The molecule has 0 bridgehead atoms. The Morgan fingerprint density at radius 2 is 1.72 bits per heavy atom. The van der Waals surface area contributed by atoms with Crippen molar-refractivity contribution in [3.63, 3.8) is 0 Å². The molecule has 3 heterocycles. The summed E-state index contributed by atoms with van der Waals surface area (Å²) in [4.78, 5) is 44.3. The molecule has 0 saturated carbocycles. The number of piperazine rings is 1. The van der Waals surface area contributed by atoms with Crippen molar-refractivity contribution in [1.82, 2.24) is 19.6 Å². The van der Waals surface area contributed by atoms with Gasteiger partial charge in [0.2, 0.25) is 0 Å². The molecule has 2 aromatic heterocycles. The molecule has 0 aliphatic carbocycles. The van der Waals surface area contributed by atoms with Crippen molar-refractivity contribution in [2.24, 2.45) is 0 Å². The molecule has 0 atom stereocenters. The number of fused-ring (bicyclic) bond motifs is 1. The fourth-order valence-electron chi connectivity index (χ4n) is 4.41. The highest BCUT2D eigenvalue weighted by Crippen LogP contribution is 2.29. The van der Waals surface area contributed by atoms with Crippen LogP contribution in [0.2, 0.25) is 0 Å². The molecule has 39 heavy (non-hydrogen) atoms. The second-order valence-corrected chi connectivity index (χ2v) is 10.4. The quantitative estimate of drug-likeness (QED) is 0.415. The maximum atomic E-state index is 13.2. The summed E-state index contributed by atoms with van der Waals surface area (Å²) in [7, 11) is 0. The average Bonchev–Trinajstić information content (AvgIpc) is 2.92. The number of ether oxygens (including phenoxy) is 1. The van der Waals surface area contributed by atoms with Crippen molar-refractivity contribution in [2.45, 2.75) is 33.0 Å². The van der Waals surface area contributed by atoms with Crippen LogP contribution in [0.4, 0.5) is 10.6 Å². The summed E-state index contributed by atoms with van der Waals surface area (Å²) in [5.74, 6) is 0.605. The number of hydrogen-bond acceptors (Lipinski definition) is 8. The highest BCUT2D eigenvalue weighted by molar-refractivity contribution is 5.90. The Balaban J connectivity index is 1.50. The van der Waals surface area contributed by atoms with Crippen LogP contribution >= 0.6 is 0 Å². The lowest BCUT2D eigenvalue weighted by Crippen LogP contribution is -2.50. The molecule has 202 valence electrons. The highest BCUT2D eigenvalue weighted by Gasteiger charge is 2.28. The molecule has 10 heteroatoms. The van der Waals surface area contributed by atoms with Crippen molar-refractivity contribution in [1.29, 1.82) is 0 Å². The van der Waals surface area contributed by atoms with Crippen LogP contribution in [0.3, 0.4) is 0 Å². The number of amides is 1. The number of pyridine rings is 1. The predicted molar refractivity (Wildman–Crippen MR) is 148 cm³/mol. The standard InChI is InChI=1S/C29H31N5O5/c1-29(2,3)39-28(37)33-14-12-32(13-15-33)26-24-17-22(21-10-7-11-23(35)16-21)18-30-25(24)34(27(36)31-26)38-19-20-8-5-4-6-9-20/h4-11,16-18,35H,12-15,19H2,1-3H3. The fraction of sp³-hybridized carbons (Fsp3) is 0.310. The third-order valence-corrected chi connectivity index (χ3v) is 6.29. The van der Waals surface area contributed by atoms with E-state index in [0.29, 0.717) is 43.0 Å². The highest BCUT2D eigenvalue weighted by atomic mass is 16.7. The molecule has 1 aliphatic rings. The van der Waals surface area contributed by atoms with Crippen LogP contribution in [0.1, 0.15) is 26.3 Å². The molecule has 5 rings (SSSR count). The maximum absolute atomic E-state index is 13.2. The smallest absolute Gasteiger partial charge is 0.410 e. The molecule has 1 aliphatic heterocycles. The Bertz CT molecular complexity index is 1540. The van der Waals surface area contributed by atoms with E-state index in [1.165, 1.54) is 0 Å². The van der Waals surface area contributed by atoms with Gasteiger partial charge in [-0.3, -0.25) is 0 Å². The zero-order chi connectivity index (χ0) is 27.6. The number of carbonyl (C=O) groups excluding carboxylic acids is 1. The van der Waals surface area contributed by atoms with Crippen molar-refractivity contribution < 1.29 is 19.5 Å². The van der Waals surface area contributed by atoms with Gasteiger partial charge in [-0.2, -0.15) is 4.98 Å². The Morgan fingerprint density at radius 1 is 0.974 bits per heavy atom. The molecular weight excluding hydrogens is 498 g/mol. The molecule has 0 unspecified atom stereocenters. The van der Waals surface area contributed by atoms with Gasteiger partial charge in [0.25, 0.3) is 0 Å². The third-order valence-electron chi connectivity index (χ3n) is 6.29. The topological polar surface area (TPSA) is 110 Å². The number of nitrogens with zero attached hydrogens (tertiary/aromatic N) is 5. The number of aromatic nitrogens is 3. The van der Waals surface area contributed by atoms with E-state index in [0.717, 1.165) is 21.4 Å². The first-order valence-electron chi connectivity index (χ1n) is 12.8. The monoisotopic (exact) mass is 529 g/mol. The number of benzene rings is 2. The van der Waals surface area contributed by atoms with E-state index in [9.17, 15) is 14.7 Å². The van der Waals surface area contributed by atoms with Gasteiger partial charge in [-0.25, -0.2) is 14.6 Å².